The average molecular weight is 363 g/mol. The standard InChI is InChI=1S/C13H17BrClN3O2/c1-7(2)12(16)13(20)17-6-11(19)18-10-4-3-8(14)5-9(10)15/h3-5,7,12H,6,16H2,1-2H3,(H,17,20)(H,18,19)/t12-/m0/s1. The van der Waals surface area contributed by atoms with Crippen molar-refractivity contribution in [3.8, 4) is 0 Å². The van der Waals surface area contributed by atoms with Crippen LogP contribution in [0.5, 0.6) is 0 Å². The van der Waals surface area contributed by atoms with E-state index in [1.54, 1.807) is 18.2 Å². The maximum absolute atomic E-state index is 11.7. The fourth-order valence-corrected chi connectivity index (χ4v) is 2.09. The molecule has 0 unspecified atom stereocenters. The van der Waals surface area contributed by atoms with Gasteiger partial charge in [0.1, 0.15) is 0 Å². The molecule has 20 heavy (non-hydrogen) atoms. The van der Waals surface area contributed by atoms with Crippen LogP contribution < -0.4 is 16.4 Å². The van der Waals surface area contributed by atoms with Crippen LogP contribution in [0.4, 0.5) is 5.69 Å². The van der Waals surface area contributed by atoms with E-state index in [0.29, 0.717) is 10.7 Å². The summed E-state index contributed by atoms with van der Waals surface area (Å²) >= 11 is 9.25. The second kappa shape index (κ2) is 7.61. The number of hydrogen-bond acceptors (Lipinski definition) is 3. The Morgan fingerprint density at radius 3 is 2.60 bits per heavy atom. The third-order valence-electron chi connectivity index (χ3n) is 2.65. The van der Waals surface area contributed by atoms with Crippen molar-refractivity contribution >= 4 is 45.0 Å². The van der Waals surface area contributed by atoms with Crippen molar-refractivity contribution in [3.63, 3.8) is 0 Å². The number of halogens is 2. The summed E-state index contributed by atoms with van der Waals surface area (Å²) in [7, 11) is 0. The first-order valence-electron chi connectivity index (χ1n) is 6.09. The molecule has 1 aromatic rings. The van der Waals surface area contributed by atoms with Gasteiger partial charge < -0.3 is 16.4 Å². The van der Waals surface area contributed by atoms with Gasteiger partial charge in [0, 0.05) is 4.47 Å². The minimum Gasteiger partial charge on any atom is -0.346 e. The zero-order valence-electron chi connectivity index (χ0n) is 11.2. The molecule has 0 saturated heterocycles. The molecular formula is C13H17BrClN3O2. The Hall–Kier alpha value is -1.11. The lowest BCUT2D eigenvalue weighted by Crippen LogP contribution is -2.46. The predicted molar refractivity (Wildman–Crippen MR) is 83.6 cm³/mol. The Balaban J connectivity index is 2.50. The van der Waals surface area contributed by atoms with Gasteiger partial charge in [0.25, 0.3) is 0 Å². The maximum Gasteiger partial charge on any atom is 0.243 e. The lowest BCUT2D eigenvalue weighted by atomic mass is 10.1. The molecule has 0 saturated carbocycles. The van der Waals surface area contributed by atoms with Crippen molar-refractivity contribution in [2.75, 3.05) is 11.9 Å². The number of benzene rings is 1. The molecule has 4 N–H and O–H groups in total. The van der Waals surface area contributed by atoms with E-state index in [1.807, 2.05) is 13.8 Å². The summed E-state index contributed by atoms with van der Waals surface area (Å²) < 4.78 is 0.816. The molecule has 0 aromatic heterocycles. The number of rotatable bonds is 5. The highest BCUT2D eigenvalue weighted by atomic mass is 79.9. The van der Waals surface area contributed by atoms with E-state index in [-0.39, 0.29) is 24.3 Å². The van der Waals surface area contributed by atoms with Gasteiger partial charge in [-0.15, -0.1) is 0 Å². The summed E-state index contributed by atoms with van der Waals surface area (Å²) in [5.74, 6) is -0.699. The molecule has 1 atom stereocenters. The van der Waals surface area contributed by atoms with E-state index in [0.717, 1.165) is 4.47 Å². The zero-order valence-corrected chi connectivity index (χ0v) is 13.6. The maximum atomic E-state index is 11.7. The smallest absolute Gasteiger partial charge is 0.243 e. The van der Waals surface area contributed by atoms with Crippen molar-refractivity contribution < 1.29 is 9.59 Å². The number of anilines is 1. The van der Waals surface area contributed by atoms with Crippen molar-refractivity contribution in [2.24, 2.45) is 11.7 Å². The Bertz CT molecular complexity index is 508. The van der Waals surface area contributed by atoms with E-state index in [4.69, 9.17) is 17.3 Å². The predicted octanol–water partition coefficient (Wildman–Crippen LogP) is 2.14. The van der Waals surface area contributed by atoms with Gasteiger partial charge in [-0.3, -0.25) is 9.59 Å². The van der Waals surface area contributed by atoms with E-state index < -0.39 is 6.04 Å². The number of amides is 2. The number of carbonyl (C=O) groups is 2. The van der Waals surface area contributed by atoms with Crippen molar-refractivity contribution in [2.45, 2.75) is 19.9 Å². The molecule has 0 spiro atoms. The van der Waals surface area contributed by atoms with E-state index >= 15 is 0 Å². The highest BCUT2D eigenvalue weighted by Crippen LogP contribution is 2.25. The summed E-state index contributed by atoms with van der Waals surface area (Å²) in [6, 6.07) is 4.48. The fraction of sp³-hybridized carbons (Fsp3) is 0.385. The van der Waals surface area contributed by atoms with Crippen LogP contribution in [0, 0.1) is 5.92 Å². The van der Waals surface area contributed by atoms with Crippen molar-refractivity contribution in [3.05, 3.63) is 27.7 Å². The number of nitrogens with one attached hydrogen (secondary N) is 2. The van der Waals surface area contributed by atoms with Crippen LogP contribution in [0.15, 0.2) is 22.7 Å². The lowest BCUT2D eigenvalue weighted by Gasteiger charge is -2.15. The van der Waals surface area contributed by atoms with Gasteiger partial charge in [-0.2, -0.15) is 0 Å². The summed E-state index contributed by atoms with van der Waals surface area (Å²) in [5, 5.41) is 5.51. The minimum absolute atomic E-state index is 0.0129. The molecule has 0 fully saturated rings. The van der Waals surface area contributed by atoms with Crippen LogP contribution >= 0.6 is 27.5 Å². The third kappa shape index (κ3) is 5.11. The Morgan fingerprint density at radius 1 is 1.40 bits per heavy atom. The van der Waals surface area contributed by atoms with Gasteiger partial charge in [-0.25, -0.2) is 0 Å². The SMILES string of the molecule is CC(C)[C@H](N)C(=O)NCC(=O)Nc1ccc(Br)cc1Cl. The van der Waals surface area contributed by atoms with E-state index in [9.17, 15) is 9.59 Å². The number of hydrogen-bond donors (Lipinski definition) is 3. The van der Waals surface area contributed by atoms with Crippen LogP contribution in [0.2, 0.25) is 5.02 Å². The molecule has 1 rings (SSSR count). The van der Waals surface area contributed by atoms with Gasteiger partial charge in [0.2, 0.25) is 11.8 Å². The molecular weight excluding hydrogens is 346 g/mol. The highest BCUT2D eigenvalue weighted by molar-refractivity contribution is 9.10. The zero-order chi connectivity index (χ0) is 15.3. The monoisotopic (exact) mass is 361 g/mol. The van der Waals surface area contributed by atoms with Gasteiger partial charge >= 0.3 is 0 Å². The number of nitrogens with two attached hydrogens (primary N) is 1. The molecule has 110 valence electrons. The Kier molecular flexibility index (Phi) is 6.45. The highest BCUT2D eigenvalue weighted by Gasteiger charge is 2.17. The normalized spacial score (nSPS) is 12.1. The van der Waals surface area contributed by atoms with Gasteiger partial charge in [0.15, 0.2) is 0 Å². The molecule has 2 amide bonds. The first-order valence-corrected chi connectivity index (χ1v) is 7.26. The molecule has 0 bridgehead atoms. The Morgan fingerprint density at radius 2 is 2.05 bits per heavy atom. The van der Waals surface area contributed by atoms with Crippen LogP contribution in [0.3, 0.4) is 0 Å². The van der Waals surface area contributed by atoms with Crippen LogP contribution in [-0.2, 0) is 9.59 Å². The van der Waals surface area contributed by atoms with Gasteiger partial charge in [-0.05, 0) is 24.1 Å². The van der Waals surface area contributed by atoms with Crippen molar-refractivity contribution in [1.29, 1.82) is 0 Å². The second-order valence-electron chi connectivity index (χ2n) is 4.66. The minimum atomic E-state index is -0.626. The van der Waals surface area contributed by atoms with E-state index in [1.165, 1.54) is 0 Å². The second-order valence-corrected chi connectivity index (χ2v) is 5.98. The van der Waals surface area contributed by atoms with Crippen LogP contribution in [0.25, 0.3) is 0 Å². The van der Waals surface area contributed by atoms with E-state index in [2.05, 4.69) is 26.6 Å². The fourth-order valence-electron chi connectivity index (χ4n) is 1.37. The molecule has 1 aromatic carbocycles. The lowest BCUT2D eigenvalue weighted by molar-refractivity contribution is -0.125. The molecule has 5 nitrogen and oxygen atoms in total. The summed E-state index contributed by atoms with van der Waals surface area (Å²) in [6.07, 6.45) is 0. The first kappa shape index (κ1) is 16.9. The van der Waals surface area contributed by atoms with Crippen LogP contribution in [0.1, 0.15) is 13.8 Å². The summed E-state index contributed by atoms with van der Waals surface area (Å²) in [4.78, 5) is 23.3. The van der Waals surface area contributed by atoms with Crippen molar-refractivity contribution in [1.82, 2.24) is 5.32 Å². The molecule has 7 heteroatoms. The summed E-state index contributed by atoms with van der Waals surface area (Å²) in [6.45, 7) is 3.53. The largest absolute Gasteiger partial charge is 0.346 e. The molecule has 0 heterocycles. The third-order valence-corrected chi connectivity index (χ3v) is 3.46. The topological polar surface area (TPSA) is 84.2 Å². The summed E-state index contributed by atoms with van der Waals surface area (Å²) in [5.41, 5.74) is 6.16. The number of carbonyl (C=O) groups excluding carboxylic acids is 2. The molecule has 0 aliphatic rings. The van der Waals surface area contributed by atoms with Crippen LogP contribution in [-0.4, -0.2) is 24.4 Å². The average Bonchev–Trinajstić information content (AvgIpc) is 2.38. The first-order chi connectivity index (χ1) is 9.31. The molecule has 0 aliphatic heterocycles. The Labute approximate surface area is 131 Å². The van der Waals surface area contributed by atoms with Gasteiger partial charge in [0.05, 0.1) is 23.3 Å². The van der Waals surface area contributed by atoms with Gasteiger partial charge in [-0.1, -0.05) is 41.4 Å². The molecule has 0 aliphatic carbocycles. The molecule has 0 radical (unpaired) electrons. The quantitative estimate of drug-likeness (QED) is 0.750.